The minimum atomic E-state index is -0.279. The van der Waals surface area contributed by atoms with Gasteiger partial charge >= 0.3 is 0 Å². The molecular weight excluding hydrogens is 334 g/mol. The van der Waals surface area contributed by atoms with Crippen LogP contribution < -0.4 is 19.5 Å². The molecule has 0 bridgehead atoms. The second-order valence-electron chi connectivity index (χ2n) is 5.71. The topological polar surface area (TPSA) is 93.5 Å². The zero-order valence-corrected chi connectivity index (χ0v) is 15.0. The molecular formula is C19H21N3O4. The molecule has 26 heavy (non-hydrogen) atoms. The highest BCUT2D eigenvalue weighted by molar-refractivity contribution is 5.77. The van der Waals surface area contributed by atoms with Crippen molar-refractivity contribution in [3.63, 3.8) is 0 Å². The standard InChI is InChI=1S/C19H21N3O4/c1-13(2)26-19-7-5-15(11-22-19)10-21-18(23)12-25-16-6-4-14(9-20)8-17(16)24-3/h4-8,11,13H,10,12H2,1-3H3,(H,21,23). The highest BCUT2D eigenvalue weighted by Gasteiger charge is 2.09. The van der Waals surface area contributed by atoms with Crippen molar-refractivity contribution in [1.29, 1.82) is 5.26 Å². The smallest absolute Gasteiger partial charge is 0.258 e. The van der Waals surface area contributed by atoms with Gasteiger partial charge < -0.3 is 19.5 Å². The zero-order chi connectivity index (χ0) is 18.9. The molecule has 0 aliphatic heterocycles. The van der Waals surface area contributed by atoms with Gasteiger partial charge in [-0.1, -0.05) is 6.07 Å². The van der Waals surface area contributed by atoms with E-state index in [0.29, 0.717) is 29.5 Å². The Balaban J connectivity index is 1.83. The van der Waals surface area contributed by atoms with Gasteiger partial charge in [0.15, 0.2) is 18.1 Å². The number of hydrogen-bond acceptors (Lipinski definition) is 6. The molecule has 2 rings (SSSR count). The van der Waals surface area contributed by atoms with Crippen LogP contribution in [0.1, 0.15) is 25.0 Å². The van der Waals surface area contributed by atoms with Gasteiger partial charge in [0.05, 0.1) is 24.8 Å². The lowest BCUT2D eigenvalue weighted by atomic mass is 10.2. The van der Waals surface area contributed by atoms with Gasteiger partial charge in [0.1, 0.15) is 0 Å². The third-order valence-electron chi connectivity index (χ3n) is 3.30. The third-order valence-corrected chi connectivity index (χ3v) is 3.30. The molecule has 0 unspecified atom stereocenters. The van der Waals surface area contributed by atoms with E-state index in [9.17, 15) is 4.79 Å². The highest BCUT2D eigenvalue weighted by atomic mass is 16.5. The SMILES string of the molecule is COc1cc(C#N)ccc1OCC(=O)NCc1ccc(OC(C)C)nc1. The van der Waals surface area contributed by atoms with Gasteiger partial charge in [-0.25, -0.2) is 4.98 Å². The number of benzene rings is 1. The van der Waals surface area contributed by atoms with E-state index in [1.54, 1.807) is 30.5 Å². The second-order valence-corrected chi connectivity index (χ2v) is 5.71. The Morgan fingerprint density at radius 1 is 1.27 bits per heavy atom. The summed E-state index contributed by atoms with van der Waals surface area (Å²) < 4.78 is 16.1. The first-order valence-corrected chi connectivity index (χ1v) is 8.11. The molecule has 0 aliphatic rings. The van der Waals surface area contributed by atoms with E-state index >= 15 is 0 Å². The molecule has 1 aromatic heterocycles. The lowest BCUT2D eigenvalue weighted by molar-refractivity contribution is -0.123. The van der Waals surface area contributed by atoms with E-state index in [0.717, 1.165) is 5.56 Å². The van der Waals surface area contributed by atoms with Crippen LogP contribution in [0, 0.1) is 11.3 Å². The summed E-state index contributed by atoms with van der Waals surface area (Å²) in [6.07, 6.45) is 1.71. The van der Waals surface area contributed by atoms with E-state index in [-0.39, 0.29) is 18.6 Å². The summed E-state index contributed by atoms with van der Waals surface area (Å²) in [5, 5.41) is 11.6. The Morgan fingerprint density at radius 2 is 2.08 bits per heavy atom. The minimum Gasteiger partial charge on any atom is -0.493 e. The Kier molecular flexibility index (Phi) is 6.80. The second kappa shape index (κ2) is 9.28. The van der Waals surface area contributed by atoms with Crippen LogP contribution >= 0.6 is 0 Å². The number of pyridine rings is 1. The molecule has 1 heterocycles. The summed E-state index contributed by atoms with van der Waals surface area (Å²) in [5.41, 5.74) is 1.31. The first kappa shape index (κ1) is 19.1. The Morgan fingerprint density at radius 3 is 2.69 bits per heavy atom. The summed E-state index contributed by atoms with van der Waals surface area (Å²) in [6, 6.07) is 10.4. The summed E-state index contributed by atoms with van der Waals surface area (Å²) in [5.74, 6) is 1.07. The number of carbonyl (C=O) groups is 1. The largest absolute Gasteiger partial charge is 0.493 e. The fourth-order valence-corrected chi connectivity index (χ4v) is 2.08. The molecule has 1 N–H and O–H groups in total. The third kappa shape index (κ3) is 5.67. The number of nitrogens with zero attached hydrogens (tertiary/aromatic N) is 2. The quantitative estimate of drug-likeness (QED) is 0.782. The van der Waals surface area contributed by atoms with E-state index in [1.807, 2.05) is 26.0 Å². The molecule has 1 aromatic carbocycles. The monoisotopic (exact) mass is 355 g/mol. The number of methoxy groups -OCH3 is 1. The molecule has 7 nitrogen and oxygen atoms in total. The van der Waals surface area contributed by atoms with Crippen molar-refractivity contribution in [1.82, 2.24) is 10.3 Å². The highest BCUT2D eigenvalue weighted by Crippen LogP contribution is 2.27. The molecule has 1 amide bonds. The Labute approximate surface area is 152 Å². The summed E-state index contributed by atoms with van der Waals surface area (Å²) in [4.78, 5) is 16.1. The number of nitrogens with one attached hydrogen (secondary N) is 1. The molecule has 0 saturated carbocycles. The number of ether oxygens (including phenoxy) is 3. The fourth-order valence-electron chi connectivity index (χ4n) is 2.08. The molecule has 0 spiro atoms. The van der Waals surface area contributed by atoms with Crippen molar-refractivity contribution in [2.24, 2.45) is 0 Å². The molecule has 0 fully saturated rings. The first-order chi connectivity index (χ1) is 12.5. The number of nitriles is 1. The first-order valence-electron chi connectivity index (χ1n) is 8.11. The molecule has 0 radical (unpaired) electrons. The van der Waals surface area contributed by atoms with Crippen molar-refractivity contribution in [3.05, 3.63) is 47.7 Å². The minimum absolute atomic E-state index is 0.0596. The molecule has 2 aromatic rings. The van der Waals surface area contributed by atoms with Crippen molar-refractivity contribution < 1.29 is 19.0 Å². The maximum absolute atomic E-state index is 12.0. The molecule has 7 heteroatoms. The van der Waals surface area contributed by atoms with Gasteiger partial charge in [-0.05, 0) is 31.5 Å². The van der Waals surface area contributed by atoms with E-state index in [4.69, 9.17) is 19.5 Å². The van der Waals surface area contributed by atoms with Crippen molar-refractivity contribution >= 4 is 5.91 Å². The van der Waals surface area contributed by atoms with Gasteiger partial charge in [-0.15, -0.1) is 0 Å². The van der Waals surface area contributed by atoms with Crippen molar-refractivity contribution in [2.45, 2.75) is 26.5 Å². The van der Waals surface area contributed by atoms with Crippen LogP contribution in [0.15, 0.2) is 36.5 Å². The number of aromatic nitrogens is 1. The lowest BCUT2D eigenvalue weighted by Gasteiger charge is -2.11. The maximum atomic E-state index is 12.0. The number of rotatable bonds is 8. The van der Waals surface area contributed by atoms with Crippen molar-refractivity contribution in [2.75, 3.05) is 13.7 Å². The molecule has 0 saturated heterocycles. The van der Waals surface area contributed by atoms with Gasteiger partial charge in [0, 0.05) is 24.9 Å². The summed E-state index contributed by atoms with van der Waals surface area (Å²) >= 11 is 0. The number of amides is 1. The van der Waals surface area contributed by atoms with E-state index < -0.39 is 0 Å². The van der Waals surface area contributed by atoms with E-state index in [2.05, 4.69) is 10.3 Å². The number of carbonyl (C=O) groups excluding carboxylic acids is 1. The van der Waals surface area contributed by atoms with Crippen LogP contribution in [0.4, 0.5) is 0 Å². The predicted octanol–water partition coefficient (Wildman–Crippen LogP) is 2.44. The molecule has 0 atom stereocenters. The van der Waals surface area contributed by atoms with Gasteiger partial charge in [0.25, 0.3) is 5.91 Å². The van der Waals surface area contributed by atoms with Crippen LogP contribution in [-0.4, -0.2) is 30.7 Å². The lowest BCUT2D eigenvalue weighted by Crippen LogP contribution is -2.28. The Bertz CT molecular complexity index is 782. The Hall–Kier alpha value is -3.27. The van der Waals surface area contributed by atoms with Gasteiger partial charge in [-0.2, -0.15) is 5.26 Å². The van der Waals surface area contributed by atoms with Gasteiger partial charge in [0.2, 0.25) is 5.88 Å². The average Bonchev–Trinajstić information content (AvgIpc) is 2.65. The van der Waals surface area contributed by atoms with Crippen LogP contribution in [0.2, 0.25) is 0 Å². The maximum Gasteiger partial charge on any atom is 0.258 e. The van der Waals surface area contributed by atoms with Crippen molar-refractivity contribution in [3.8, 4) is 23.4 Å². The van der Waals surface area contributed by atoms with Crippen LogP contribution in [0.5, 0.6) is 17.4 Å². The van der Waals surface area contributed by atoms with E-state index in [1.165, 1.54) is 7.11 Å². The summed E-state index contributed by atoms with van der Waals surface area (Å²) in [6.45, 7) is 4.03. The fraction of sp³-hybridized carbons (Fsp3) is 0.316. The normalized spacial score (nSPS) is 10.1. The zero-order valence-electron chi connectivity index (χ0n) is 15.0. The van der Waals surface area contributed by atoms with Crippen LogP contribution in [0.3, 0.4) is 0 Å². The van der Waals surface area contributed by atoms with Gasteiger partial charge in [-0.3, -0.25) is 4.79 Å². The molecule has 0 aliphatic carbocycles. The average molecular weight is 355 g/mol. The summed E-state index contributed by atoms with van der Waals surface area (Å²) in [7, 11) is 1.48. The van der Waals surface area contributed by atoms with Crippen LogP contribution in [0.25, 0.3) is 0 Å². The molecule has 136 valence electrons. The predicted molar refractivity (Wildman–Crippen MR) is 95.1 cm³/mol. The van der Waals surface area contributed by atoms with Crippen LogP contribution in [-0.2, 0) is 11.3 Å². The number of hydrogen-bond donors (Lipinski definition) is 1.